The van der Waals surface area contributed by atoms with Crippen LogP contribution in [0.15, 0.2) is 33.2 Å². The first kappa shape index (κ1) is 15.2. The van der Waals surface area contributed by atoms with E-state index in [-0.39, 0.29) is 0 Å². The smallest absolute Gasteiger partial charge is 0.248 e. The first-order chi connectivity index (χ1) is 9.70. The molecule has 1 heterocycles. The predicted molar refractivity (Wildman–Crippen MR) is 83.3 cm³/mol. The zero-order chi connectivity index (χ0) is 14.4. The molecule has 1 aromatic carbocycles. The van der Waals surface area contributed by atoms with Crippen LogP contribution in [0.25, 0.3) is 11.5 Å². The first-order valence-electron chi connectivity index (χ1n) is 7.01. The summed E-state index contributed by atoms with van der Waals surface area (Å²) in [5, 5.41) is 11.6. The van der Waals surface area contributed by atoms with Crippen LogP contribution in [0.5, 0.6) is 0 Å². The number of aromatic nitrogens is 2. The Kier molecular flexibility index (Phi) is 5.73. The minimum Gasteiger partial charge on any atom is -0.419 e. The average Bonchev–Trinajstić information content (AvgIpc) is 2.92. The first-order valence-corrected chi connectivity index (χ1v) is 7.80. The molecule has 0 aliphatic heterocycles. The minimum absolute atomic E-state index is 0.466. The van der Waals surface area contributed by atoms with Crippen LogP contribution in [0.4, 0.5) is 0 Å². The van der Waals surface area contributed by atoms with E-state index in [1.807, 2.05) is 24.3 Å². The maximum Gasteiger partial charge on any atom is 0.248 e. The number of benzene rings is 1. The van der Waals surface area contributed by atoms with Crippen molar-refractivity contribution in [2.75, 3.05) is 0 Å². The number of unbranched alkanes of at least 4 members (excludes halogenated alkanes) is 1. The van der Waals surface area contributed by atoms with Crippen molar-refractivity contribution in [2.45, 2.75) is 45.7 Å². The van der Waals surface area contributed by atoms with E-state index in [9.17, 15) is 0 Å². The Morgan fingerprint density at radius 3 is 2.85 bits per heavy atom. The molecule has 20 heavy (non-hydrogen) atoms. The van der Waals surface area contributed by atoms with Gasteiger partial charge in [0.1, 0.15) is 0 Å². The van der Waals surface area contributed by atoms with Crippen LogP contribution in [0, 0.1) is 0 Å². The lowest BCUT2D eigenvalue weighted by molar-refractivity contribution is 0.431. The topological polar surface area (TPSA) is 51.0 Å². The van der Waals surface area contributed by atoms with E-state index < -0.39 is 0 Å². The Labute approximate surface area is 128 Å². The van der Waals surface area contributed by atoms with Crippen LogP contribution >= 0.6 is 15.9 Å². The van der Waals surface area contributed by atoms with Crippen LogP contribution in [-0.2, 0) is 6.54 Å². The van der Waals surface area contributed by atoms with Crippen molar-refractivity contribution < 1.29 is 4.42 Å². The fourth-order valence-electron chi connectivity index (χ4n) is 1.94. The summed E-state index contributed by atoms with van der Waals surface area (Å²) in [5.74, 6) is 1.18. The van der Waals surface area contributed by atoms with Crippen LogP contribution < -0.4 is 5.32 Å². The summed E-state index contributed by atoms with van der Waals surface area (Å²) in [5.41, 5.74) is 0.922. The van der Waals surface area contributed by atoms with E-state index >= 15 is 0 Å². The van der Waals surface area contributed by atoms with Crippen molar-refractivity contribution in [1.82, 2.24) is 15.5 Å². The maximum absolute atomic E-state index is 5.69. The number of halogens is 1. The molecule has 2 aromatic rings. The quantitative estimate of drug-likeness (QED) is 0.823. The van der Waals surface area contributed by atoms with E-state index in [4.69, 9.17) is 4.42 Å². The Hall–Kier alpha value is -1.20. The van der Waals surface area contributed by atoms with E-state index in [0.29, 0.717) is 24.4 Å². The van der Waals surface area contributed by atoms with Crippen molar-refractivity contribution in [3.8, 4) is 11.5 Å². The van der Waals surface area contributed by atoms with Gasteiger partial charge in [-0.2, -0.15) is 0 Å². The average molecular weight is 338 g/mol. The van der Waals surface area contributed by atoms with Gasteiger partial charge in [-0.25, -0.2) is 0 Å². The third kappa shape index (κ3) is 4.15. The number of hydrogen-bond donors (Lipinski definition) is 1. The summed E-state index contributed by atoms with van der Waals surface area (Å²) in [4.78, 5) is 0. The van der Waals surface area contributed by atoms with Crippen molar-refractivity contribution in [2.24, 2.45) is 0 Å². The number of hydrogen-bond acceptors (Lipinski definition) is 4. The van der Waals surface area contributed by atoms with Crippen LogP contribution in [0.2, 0.25) is 0 Å². The van der Waals surface area contributed by atoms with E-state index in [1.54, 1.807) is 0 Å². The van der Waals surface area contributed by atoms with Gasteiger partial charge in [-0.15, -0.1) is 10.2 Å². The lowest BCUT2D eigenvalue weighted by Crippen LogP contribution is -2.25. The maximum atomic E-state index is 5.69. The Balaban J connectivity index is 1.94. The molecule has 1 unspecified atom stereocenters. The number of nitrogens with zero attached hydrogens (tertiary/aromatic N) is 2. The summed E-state index contributed by atoms with van der Waals surface area (Å²) in [7, 11) is 0. The van der Waals surface area contributed by atoms with Gasteiger partial charge in [-0.05, 0) is 41.4 Å². The van der Waals surface area contributed by atoms with Crippen molar-refractivity contribution >= 4 is 15.9 Å². The van der Waals surface area contributed by atoms with Crippen LogP contribution in [0.1, 0.15) is 39.0 Å². The molecule has 1 aromatic heterocycles. The van der Waals surface area contributed by atoms with Gasteiger partial charge >= 0.3 is 0 Å². The minimum atomic E-state index is 0.466. The van der Waals surface area contributed by atoms with Gasteiger partial charge in [0.05, 0.1) is 12.1 Å². The molecule has 0 spiro atoms. The van der Waals surface area contributed by atoms with E-state index in [1.165, 1.54) is 19.3 Å². The molecule has 1 N–H and O–H groups in total. The van der Waals surface area contributed by atoms with Crippen LogP contribution in [-0.4, -0.2) is 16.2 Å². The highest BCUT2D eigenvalue weighted by atomic mass is 79.9. The second kappa shape index (κ2) is 7.55. The fraction of sp³-hybridized carbons (Fsp3) is 0.467. The largest absolute Gasteiger partial charge is 0.419 e. The van der Waals surface area contributed by atoms with Gasteiger partial charge in [0.2, 0.25) is 11.8 Å². The van der Waals surface area contributed by atoms with Crippen molar-refractivity contribution in [3.05, 3.63) is 34.6 Å². The predicted octanol–water partition coefficient (Wildman–Crippen LogP) is 4.17. The molecule has 0 radical (unpaired) electrons. The Bertz CT molecular complexity index is 541. The zero-order valence-electron chi connectivity index (χ0n) is 11.9. The molecule has 1 atom stereocenters. The third-order valence-electron chi connectivity index (χ3n) is 3.16. The highest BCUT2D eigenvalue weighted by Crippen LogP contribution is 2.26. The van der Waals surface area contributed by atoms with E-state index in [0.717, 1.165) is 10.0 Å². The molecule has 5 heteroatoms. The molecule has 0 aliphatic carbocycles. The molecule has 0 saturated carbocycles. The summed E-state index contributed by atoms with van der Waals surface area (Å²) in [6.45, 7) is 5.00. The SMILES string of the molecule is CCCCC(C)NCc1nnc(-c2ccccc2Br)o1. The molecule has 0 fully saturated rings. The summed E-state index contributed by atoms with van der Waals surface area (Å²) < 4.78 is 6.65. The second-order valence-electron chi connectivity index (χ2n) is 4.90. The lowest BCUT2D eigenvalue weighted by atomic mass is 10.1. The molecule has 0 bridgehead atoms. The molecule has 0 aliphatic rings. The highest BCUT2D eigenvalue weighted by molar-refractivity contribution is 9.10. The molecular weight excluding hydrogens is 318 g/mol. The van der Waals surface area contributed by atoms with Gasteiger partial charge in [0.15, 0.2) is 0 Å². The molecule has 0 saturated heterocycles. The molecule has 108 valence electrons. The fourth-order valence-corrected chi connectivity index (χ4v) is 2.40. The monoisotopic (exact) mass is 337 g/mol. The third-order valence-corrected chi connectivity index (χ3v) is 3.86. The van der Waals surface area contributed by atoms with E-state index in [2.05, 4.69) is 45.3 Å². The van der Waals surface area contributed by atoms with Gasteiger partial charge in [-0.3, -0.25) is 0 Å². The Morgan fingerprint density at radius 2 is 2.10 bits per heavy atom. The van der Waals surface area contributed by atoms with Gasteiger partial charge < -0.3 is 9.73 Å². The summed E-state index contributed by atoms with van der Waals surface area (Å²) >= 11 is 3.49. The molecular formula is C15H20BrN3O. The lowest BCUT2D eigenvalue weighted by Gasteiger charge is -2.10. The second-order valence-corrected chi connectivity index (χ2v) is 5.76. The number of rotatable bonds is 7. The van der Waals surface area contributed by atoms with Gasteiger partial charge in [-0.1, -0.05) is 31.9 Å². The molecule has 4 nitrogen and oxygen atoms in total. The summed E-state index contributed by atoms with van der Waals surface area (Å²) in [6.07, 6.45) is 3.63. The highest BCUT2D eigenvalue weighted by Gasteiger charge is 2.11. The molecule has 2 rings (SSSR count). The summed E-state index contributed by atoms with van der Waals surface area (Å²) in [6, 6.07) is 8.30. The normalized spacial score (nSPS) is 12.6. The van der Waals surface area contributed by atoms with Crippen molar-refractivity contribution in [1.29, 1.82) is 0 Å². The number of nitrogens with one attached hydrogen (secondary N) is 1. The van der Waals surface area contributed by atoms with Gasteiger partial charge in [0.25, 0.3) is 0 Å². The van der Waals surface area contributed by atoms with Crippen LogP contribution in [0.3, 0.4) is 0 Å². The van der Waals surface area contributed by atoms with Crippen molar-refractivity contribution in [3.63, 3.8) is 0 Å². The zero-order valence-corrected chi connectivity index (χ0v) is 13.5. The standard InChI is InChI=1S/C15H20BrN3O/c1-3-4-7-11(2)17-10-14-18-19-15(20-14)12-8-5-6-9-13(12)16/h5-6,8-9,11,17H,3-4,7,10H2,1-2H3. The Morgan fingerprint density at radius 1 is 1.30 bits per heavy atom. The van der Waals surface area contributed by atoms with Gasteiger partial charge in [0, 0.05) is 10.5 Å². The molecule has 0 amide bonds.